The van der Waals surface area contributed by atoms with E-state index in [1.807, 2.05) is 61.6 Å². The van der Waals surface area contributed by atoms with Crippen molar-refractivity contribution in [1.82, 2.24) is 14.8 Å². The highest BCUT2D eigenvalue weighted by molar-refractivity contribution is 7.18. The smallest absolute Gasteiger partial charge is 0.260 e. The van der Waals surface area contributed by atoms with Gasteiger partial charge < -0.3 is 14.5 Å². The minimum Gasteiger partial charge on any atom is -0.484 e. The Morgan fingerprint density at radius 1 is 1.10 bits per heavy atom. The number of likely N-dealkylation sites (tertiary alicyclic amines) is 1. The fourth-order valence-corrected chi connectivity index (χ4v) is 4.73. The third-order valence-corrected chi connectivity index (χ3v) is 6.41. The molecular formula is C23H25N3O3S. The highest BCUT2D eigenvalue weighted by atomic mass is 32.1. The lowest BCUT2D eigenvalue weighted by Crippen LogP contribution is -2.44. The molecule has 2 aromatic carbocycles. The second-order valence-corrected chi connectivity index (χ2v) is 8.64. The molecule has 0 atom stereocenters. The molecule has 0 unspecified atom stereocenters. The summed E-state index contributed by atoms with van der Waals surface area (Å²) >= 11 is 1.63. The SMILES string of the molecule is CN(Cc1nc2ccccc2s1)C(=O)C1CCN(C(=O)COc2ccccc2)CC1. The van der Waals surface area contributed by atoms with E-state index in [1.165, 1.54) is 0 Å². The Hall–Kier alpha value is -2.93. The lowest BCUT2D eigenvalue weighted by Gasteiger charge is -2.33. The van der Waals surface area contributed by atoms with Crippen LogP contribution < -0.4 is 4.74 Å². The minimum atomic E-state index is -0.0523. The zero-order valence-corrected chi connectivity index (χ0v) is 17.8. The zero-order chi connectivity index (χ0) is 20.9. The summed E-state index contributed by atoms with van der Waals surface area (Å²) in [4.78, 5) is 33.5. The van der Waals surface area contributed by atoms with Gasteiger partial charge in [-0.25, -0.2) is 4.98 Å². The number of piperidine rings is 1. The molecule has 0 N–H and O–H groups in total. The summed E-state index contributed by atoms with van der Waals surface area (Å²) in [6.07, 6.45) is 1.36. The number of aromatic nitrogens is 1. The lowest BCUT2D eigenvalue weighted by molar-refractivity contribution is -0.141. The molecule has 4 rings (SSSR count). The van der Waals surface area contributed by atoms with Gasteiger partial charge in [0.2, 0.25) is 5.91 Å². The Bertz CT molecular complexity index is 980. The number of benzene rings is 2. The number of carbonyl (C=O) groups is 2. The van der Waals surface area contributed by atoms with E-state index in [0.717, 1.165) is 15.2 Å². The number of thiazole rings is 1. The van der Waals surface area contributed by atoms with E-state index in [2.05, 4.69) is 4.98 Å². The number of fused-ring (bicyclic) bond motifs is 1. The summed E-state index contributed by atoms with van der Waals surface area (Å²) < 4.78 is 6.69. The zero-order valence-electron chi connectivity index (χ0n) is 17.0. The number of nitrogens with zero attached hydrogens (tertiary/aromatic N) is 3. The number of amides is 2. The first kappa shape index (κ1) is 20.3. The van der Waals surface area contributed by atoms with Crippen LogP contribution in [0.4, 0.5) is 0 Å². The average molecular weight is 424 g/mol. The number of ether oxygens (including phenoxy) is 1. The summed E-state index contributed by atoms with van der Waals surface area (Å²) in [5.74, 6) is 0.727. The van der Waals surface area contributed by atoms with E-state index in [0.29, 0.717) is 38.2 Å². The number of rotatable bonds is 6. The van der Waals surface area contributed by atoms with Crippen molar-refractivity contribution in [2.75, 3.05) is 26.7 Å². The van der Waals surface area contributed by atoms with Gasteiger partial charge in [-0.15, -0.1) is 11.3 Å². The molecule has 30 heavy (non-hydrogen) atoms. The highest BCUT2D eigenvalue weighted by Crippen LogP contribution is 2.24. The standard InChI is InChI=1S/C23H25N3O3S/c1-25(15-21-24-19-9-5-6-10-20(19)30-21)23(28)17-11-13-26(14-12-17)22(27)16-29-18-7-3-2-4-8-18/h2-10,17H,11-16H2,1H3. The maximum atomic E-state index is 12.9. The molecule has 2 heterocycles. The van der Waals surface area contributed by atoms with E-state index in [1.54, 1.807) is 21.1 Å². The Balaban J connectivity index is 1.25. The second kappa shape index (κ2) is 9.26. The molecule has 156 valence electrons. The molecule has 0 radical (unpaired) electrons. The quantitative estimate of drug-likeness (QED) is 0.608. The van der Waals surface area contributed by atoms with Gasteiger partial charge in [-0.3, -0.25) is 9.59 Å². The Morgan fingerprint density at radius 2 is 1.80 bits per heavy atom. The molecule has 3 aromatic rings. The van der Waals surface area contributed by atoms with Gasteiger partial charge in [0.25, 0.3) is 5.91 Å². The van der Waals surface area contributed by atoms with Crippen LogP contribution in [0.2, 0.25) is 0 Å². The molecule has 1 saturated heterocycles. The van der Waals surface area contributed by atoms with Crippen molar-refractivity contribution in [1.29, 1.82) is 0 Å². The van der Waals surface area contributed by atoms with Crippen LogP contribution in [0.1, 0.15) is 17.8 Å². The monoisotopic (exact) mass is 423 g/mol. The second-order valence-electron chi connectivity index (χ2n) is 7.53. The van der Waals surface area contributed by atoms with Crippen LogP contribution in [-0.4, -0.2) is 53.3 Å². The summed E-state index contributed by atoms with van der Waals surface area (Å²) in [6.45, 7) is 1.72. The van der Waals surface area contributed by atoms with Crippen LogP contribution in [0.3, 0.4) is 0 Å². The number of carbonyl (C=O) groups excluding carboxylic acids is 2. The van der Waals surface area contributed by atoms with Gasteiger partial charge >= 0.3 is 0 Å². The molecule has 6 nitrogen and oxygen atoms in total. The van der Waals surface area contributed by atoms with Crippen LogP contribution >= 0.6 is 11.3 Å². The largest absolute Gasteiger partial charge is 0.484 e. The third kappa shape index (κ3) is 4.79. The number of hydrogen-bond acceptors (Lipinski definition) is 5. The minimum absolute atomic E-state index is 0.0279. The van der Waals surface area contributed by atoms with Gasteiger partial charge in [-0.2, -0.15) is 0 Å². The molecule has 1 fully saturated rings. The highest BCUT2D eigenvalue weighted by Gasteiger charge is 2.29. The molecule has 1 aliphatic rings. The first-order valence-corrected chi connectivity index (χ1v) is 11.0. The van der Waals surface area contributed by atoms with Crippen molar-refractivity contribution < 1.29 is 14.3 Å². The molecule has 1 aliphatic heterocycles. The molecule has 0 bridgehead atoms. The van der Waals surface area contributed by atoms with E-state index < -0.39 is 0 Å². The third-order valence-electron chi connectivity index (χ3n) is 5.39. The van der Waals surface area contributed by atoms with Crippen molar-refractivity contribution in [2.24, 2.45) is 5.92 Å². The normalized spacial score (nSPS) is 14.6. The fourth-order valence-electron chi connectivity index (χ4n) is 3.71. The molecule has 7 heteroatoms. The first-order valence-electron chi connectivity index (χ1n) is 10.1. The van der Waals surface area contributed by atoms with Crippen molar-refractivity contribution in [2.45, 2.75) is 19.4 Å². The predicted octanol–water partition coefficient (Wildman–Crippen LogP) is 3.57. The van der Waals surface area contributed by atoms with Crippen molar-refractivity contribution in [3.63, 3.8) is 0 Å². The Kier molecular flexibility index (Phi) is 6.28. The predicted molar refractivity (Wildman–Crippen MR) is 117 cm³/mol. The van der Waals surface area contributed by atoms with Crippen LogP contribution in [0.5, 0.6) is 5.75 Å². The lowest BCUT2D eigenvalue weighted by atomic mass is 9.95. The molecule has 0 saturated carbocycles. The van der Waals surface area contributed by atoms with Gasteiger partial charge in [0.15, 0.2) is 6.61 Å². The van der Waals surface area contributed by atoms with Gasteiger partial charge in [-0.05, 0) is 37.1 Å². The summed E-state index contributed by atoms with van der Waals surface area (Å²) in [6, 6.07) is 17.3. The van der Waals surface area contributed by atoms with Gasteiger partial charge in [0.05, 0.1) is 16.8 Å². The van der Waals surface area contributed by atoms with E-state index in [-0.39, 0.29) is 24.3 Å². The van der Waals surface area contributed by atoms with E-state index in [4.69, 9.17) is 4.74 Å². The topological polar surface area (TPSA) is 62.7 Å². The van der Waals surface area contributed by atoms with Crippen molar-refractivity contribution in [3.8, 4) is 5.75 Å². The molecule has 2 amide bonds. The van der Waals surface area contributed by atoms with E-state index >= 15 is 0 Å². The van der Waals surface area contributed by atoms with Crippen LogP contribution in [0.25, 0.3) is 10.2 Å². The molecule has 0 spiro atoms. The van der Waals surface area contributed by atoms with Gasteiger partial charge in [-0.1, -0.05) is 30.3 Å². The summed E-state index contributed by atoms with van der Waals surface area (Å²) in [5.41, 5.74) is 0.975. The van der Waals surface area contributed by atoms with Crippen molar-refractivity contribution in [3.05, 3.63) is 59.6 Å². The van der Waals surface area contributed by atoms with Crippen LogP contribution in [0, 0.1) is 5.92 Å². The first-order chi connectivity index (χ1) is 14.6. The van der Waals surface area contributed by atoms with Gasteiger partial charge in [0, 0.05) is 26.1 Å². The molecule has 1 aromatic heterocycles. The van der Waals surface area contributed by atoms with Crippen molar-refractivity contribution >= 4 is 33.4 Å². The average Bonchev–Trinajstić information content (AvgIpc) is 3.20. The van der Waals surface area contributed by atoms with Crippen LogP contribution in [0.15, 0.2) is 54.6 Å². The Morgan fingerprint density at radius 3 is 2.53 bits per heavy atom. The maximum Gasteiger partial charge on any atom is 0.260 e. The molecular weight excluding hydrogens is 398 g/mol. The number of hydrogen-bond donors (Lipinski definition) is 0. The Labute approximate surface area is 180 Å². The maximum absolute atomic E-state index is 12.9. The fraction of sp³-hybridized carbons (Fsp3) is 0.348. The molecule has 0 aliphatic carbocycles. The summed E-state index contributed by atoms with van der Waals surface area (Å²) in [5, 5.41) is 0.942. The van der Waals surface area contributed by atoms with Gasteiger partial charge in [0.1, 0.15) is 10.8 Å². The summed E-state index contributed by atoms with van der Waals surface area (Å²) in [7, 11) is 1.83. The number of para-hydroxylation sites is 2. The van der Waals surface area contributed by atoms with E-state index in [9.17, 15) is 9.59 Å². The van der Waals surface area contributed by atoms with Crippen LogP contribution in [-0.2, 0) is 16.1 Å².